The van der Waals surface area contributed by atoms with E-state index >= 15 is 0 Å². The molecule has 13 heterocycles. The molecule has 4 amide bonds. The van der Waals surface area contributed by atoms with Gasteiger partial charge in [0.1, 0.15) is 24.7 Å². The molecule has 5 aliphatic rings. The lowest BCUT2D eigenvalue weighted by atomic mass is 10.1. The summed E-state index contributed by atoms with van der Waals surface area (Å²) >= 11 is 0. The number of rotatable bonds is 30. The Morgan fingerprint density at radius 3 is 1.22 bits per heavy atom. The molecule has 9 aromatic carbocycles. The lowest BCUT2D eigenvalue weighted by Crippen LogP contribution is -2.37. The zero-order valence-corrected chi connectivity index (χ0v) is 80.6. The number of imidazole rings is 3. The van der Waals surface area contributed by atoms with Crippen molar-refractivity contribution in [3.05, 3.63) is 314 Å². The molecule has 147 heavy (non-hydrogen) atoms. The van der Waals surface area contributed by atoms with E-state index < -0.39 is 11.8 Å². The van der Waals surface area contributed by atoms with Gasteiger partial charge in [-0.15, -0.1) is 0 Å². The Morgan fingerprint density at radius 2 is 0.796 bits per heavy atom. The van der Waals surface area contributed by atoms with E-state index in [-0.39, 0.29) is 29.8 Å². The average Bonchev–Trinajstić information content (AvgIpc) is 1.68. The number of ether oxygens (including phenoxy) is 4. The first-order valence-corrected chi connectivity index (χ1v) is 48.5. The number of carbonyl (C=O) groups excluding carboxylic acids is 5. The van der Waals surface area contributed by atoms with E-state index in [1.165, 1.54) is 30.6 Å². The SMILES string of the molecule is CONC(=O)c1cccc(-c2cn3ccnc3c(Nc3ccc(N4CCOCC4)cc3)n2)c1.O=C(CO)CCCCCCn1ncc2ccc(-c3c[n+]4c(c(Nc5ccc(N6CCOCC6)cc5)n3)=NCC=4)cc21.O=C(NO)c1ccc(NC(=O)c2cccc(-c3cn4ccnc4c(Nc4ccc(N5CCOCC5)cc4)n3)c2)cc1.O=C(NO)c1cccc(-c2cn3ccnc3c(Nc3ccc(N4CCOCC4)cc3)n2)c1. The van der Waals surface area contributed by atoms with Crippen LogP contribution in [0.2, 0.25) is 0 Å². The molecule has 4 fully saturated rings. The van der Waals surface area contributed by atoms with Gasteiger partial charge >= 0.3 is 5.49 Å². The fourth-order valence-corrected chi connectivity index (χ4v) is 17.6. The maximum Gasteiger partial charge on any atom is 0.365 e. The van der Waals surface area contributed by atoms with Gasteiger partial charge in [0, 0.05) is 222 Å². The number of aliphatic hydroxyl groups excluding tert-OH is 1. The molecular formula is C108H109N26O13+. The smallest absolute Gasteiger partial charge is 0.365 e. The number of nitrogens with one attached hydrogen (secondary N) is 8. The topological polar surface area (TPSA) is 441 Å². The second-order valence-corrected chi connectivity index (χ2v) is 35.0. The molecule has 17 aromatic rings. The van der Waals surface area contributed by atoms with Crippen LogP contribution in [0, 0.1) is 6.21 Å². The number of aliphatic hydroxyl groups is 1. The lowest BCUT2D eigenvalue weighted by molar-refractivity contribution is -0.521. The molecule has 39 nitrogen and oxygen atoms in total. The van der Waals surface area contributed by atoms with Gasteiger partial charge < -0.3 is 83.4 Å². The summed E-state index contributed by atoms with van der Waals surface area (Å²) < 4.78 is 31.6. The number of hydrogen-bond donors (Lipinski definition) is 11. The second kappa shape index (κ2) is 47.3. The molecule has 4 saturated heterocycles. The fourth-order valence-electron chi connectivity index (χ4n) is 17.6. The van der Waals surface area contributed by atoms with Crippen LogP contribution < -0.4 is 72.4 Å². The number of nitrogens with zero attached hydrogens (tertiary/aromatic N) is 18. The number of Topliss-reactive ketones (excluding diaryl/α,β-unsaturated/α-hetero) is 1. The predicted octanol–water partition coefficient (Wildman–Crippen LogP) is 13.8. The van der Waals surface area contributed by atoms with Crippen molar-refractivity contribution < 1.29 is 67.5 Å². The van der Waals surface area contributed by atoms with Gasteiger partial charge in [-0.3, -0.25) is 43.9 Å². The quantitative estimate of drug-likeness (QED) is 0.00862. The number of anilines is 13. The maximum absolute atomic E-state index is 13.0. The standard InChI is InChI=1S/C31H36N7O3.C30H27N7O4.C24H24N6O3.C23H22N6O3/c39-22-27(40)5-3-1-2-4-13-38-29-19-23(6-7-24(29)20-33-38)28-21-37-14-12-32-31(37)30(35-28)34-25-8-10-26(11-9-25)36-15-17-41-18-16-36;38-29(33-24-6-4-20(5-7-24)30(39)35-40)22-3-1-2-21(18-22)26-19-37-13-12-31-28(37)27(34-26)32-23-8-10-25(11-9-23)36-14-16-41-17-15-36;1-32-28-24(31)18-4-2-3-17(15-18)21-16-30-10-9-25-23(30)22(27-21)26-19-5-7-20(8-6-19)29-11-13-33-14-12-29;30-23(27-31)17-3-1-2-16(14-17)20-15-29-9-8-24-22(29)21(26-20)25-18-4-6-19(7-5-18)28-10-12-32-13-11-28/h6-11,14,19-21,39H,1-5,12-13,15-18,22H2,(H,34,35);1-13,18-19,40H,14-17H2,(H,32,34)(H,33,38)(H,35,39);2-10,15-16H,11-14H2,1H3,(H,26,27)(H,28,31);1-9,14-15,31H,10-13H2,(H,25,26)(H,27,30)/q+1;;;. The zero-order valence-electron chi connectivity index (χ0n) is 80.6. The number of ketones is 1. The highest BCUT2D eigenvalue weighted by Crippen LogP contribution is 2.34. The number of amides is 4. The Hall–Kier alpha value is -17.3. The molecule has 5 aliphatic heterocycles. The van der Waals surface area contributed by atoms with E-state index in [0.717, 1.165) is 222 Å². The first-order chi connectivity index (χ1) is 72.2. The van der Waals surface area contributed by atoms with Crippen LogP contribution in [-0.4, -0.2) is 228 Å². The van der Waals surface area contributed by atoms with Crippen molar-refractivity contribution >= 4 is 132 Å². The number of aryl methyl sites for hydroxylation is 1. The third-order valence-electron chi connectivity index (χ3n) is 25.4. The molecule has 0 spiro atoms. The second-order valence-electron chi connectivity index (χ2n) is 35.0. The van der Waals surface area contributed by atoms with Crippen LogP contribution in [-0.2, 0) is 35.1 Å². The van der Waals surface area contributed by atoms with Gasteiger partial charge in [0.05, 0.1) is 88.8 Å². The Labute approximate surface area is 843 Å². The molecule has 0 aliphatic carbocycles. The molecule has 0 radical (unpaired) electrons. The summed E-state index contributed by atoms with van der Waals surface area (Å²) in [5.41, 5.74) is 26.1. The Morgan fingerprint density at radius 1 is 0.408 bits per heavy atom. The minimum atomic E-state index is -0.628. The molecule has 748 valence electrons. The highest BCUT2D eigenvalue weighted by molar-refractivity contribution is 6.05. The van der Waals surface area contributed by atoms with Crippen molar-refractivity contribution in [1.82, 2.24) is 74.3 Å². The summed E-state index contributed by atoms with van der Waals surface area (Å²) in [6.07, 6.45) is 26.6. The van der Waals surface area contributed by atoms with Crippen molar-refractivity contribution in [2.75, 3.05) is 172 Å². The van der Waals surface area contributed by atoms with E-state index in [1.54, 1.807) is 90.2 Å². The van der Waals surface area contributed by atoms with Crippen LogP contribution in [0.25, 0.3) is 72.9 Å². The molecule has 0 bridgehead atoms. The van der Waals surface area contributed by atoms with Gasteiger partial charge in [-0.25, -0.2) is 51.3 Å². The number of fused-ring (bicyclic) bond motifs is 5. The Balaban J connectivity index is 0.000000124. The van der Waals surface area contributed by atoms with Crippen molar-refractivity contribution in [3.63, 3.8) is 0 Å². The predicted molar refractivity (Wildman–Crippen MR) is 558 cm³/mol. The number of morpholine rings is 4. The van der Waals surface area contributed by atoms with Gasteiger partial charge in [-0.05, 0) is 177 Å². The minimum absolute atomic E-state index is 0.0831. The van der Waals surface area contributed by atoms with Crippen molar-refractivity contribution in [1.29, 1.82) is 0 Å². The Kier molecular flexibility index (Phi) is 31.7. The maximum atomic E-state index is 13.0. The van der Waals surface area contributed by atoms with Crippen molar-refractivity contribution in [3.8, 4) is 45.0 Å². The van der Waals surface area contributed by atoms with Crippen LogP contribution in [0.4, 0.5) is 74.5 Å². The Bertz CT molecular complexity index is 7640. The molecule has 0 unspecified atom stereocenters. The molecule has 39 heteroatoms. The van der Waals surface area contributed by atoms with Gasteiger partial charge in [0.25, 0.3) is 23.6 Å². The number of unbranched alkanes of at least 4 members (excludes halogenated alkanes) is 3. The van der Waals surface area contributed by atoms with Crippen molar-refractivity contribution in [2.24, 2.45) is 4.99 Å². The summed E-state index contributed by atoms with van der Waals surface area (Å²) in [5, 5.41) is 48.8. The molecule has 8 aromatic heterocycles. The number of benzene rings is 9. The van der Waals surface area contributed by atoms with Crippen LogP contribution in [0.1, 0.15) is 73.5 Å². The number of hydroxylamine groups is 3. The van der Waals surface area contributed by atoms with Crippen molar-refractivity contribution in [2.45, 2.75) is 38.6 Å². The summed E-state index contributed by atoms with van der Waals surface area (Å²) in [4.78, 5) is 111. The summed E-state index contributed by atoms with van der Waals surface area (Å²) in [5.74, 6) is 0.630. The van der Waals surface area contributed by atoms with Crippen LogP contribution >= 0.6 is 0 Å². The largest absolute Gasteiger partial charge is 0.389 e. The summed E-state index contributed by atoms with van der Waals surface area (Å²) in [6.45, 7) is 14.2. The molecular weight excluding hydrogens is 1870 g/mol. The van der Waals surface area contributed by atoms with E-state index in [0.29, 0.717) is 86.8 Å². The van der Waals surface area contributed by atoms with Gasteiger partial charge in [-0.1, -0.05) is 66.4 Å². The third-order valence-corrected chi connectivity index (χ3v) is 25.4. The highest BCUT2D eigenvalue weighted by Gasteiger charge is 2.24. The zero-order chi connectivity index (χ0) is 101. The monoisotopic (exact) mass is 1980 g/mol. The lowest BCUT2D eigenvalue weighted by Gasteiger charge is -2.28. The molecule has 22 rings (SSSR count). The van der Waals surface area contributed by atoms with Gasteiger partial charge in [0.2, 0.25) is 5.82 Å². The average molecular weight is 1980 g/mol. The van der Waals surface area contributed by atoms with Gasteiger partial charge in [0.15, 0.2) is 46.7 Å². The first-order valence-electron chi connectivity index (χ1n) is 48.5. The van der Waals surface area contributed by atoms with Crippen LogP contribution in [0.15, 0.2) is 285 Å². The van der Waals surface area contributed by atoms with E-state index in [2.05, 4.69) is 171 Å². The number of hydrogen-bond acceptors (Lipinski definition) is 30. The normalized spacial score (nSPS) is 13.8. The molecule has 11 N–H and O–H groups in total. The fraction of sp³-hybridized carbons (Fsp3) is 0.231. The van der Waals surface area contributed by atoms with E-state index in [1.807, 2.05) is 123 Å². The third kappa shape index (κ3) is 24.4. The number of aromatic nitrogens is 13. The first kappa shape index (κ1) is 98.5. The molecule has 0 atom stereocenters. The van der Waals surface area contributed by atoms with Crippen LogP contribution in [0.5, 0.6) is 0 Å². The van der Waals surface area contributed by atoms with Gasteiger partial charge in [-0.2, -0.15) is 9.34 Å². The molecule has 0 saturated carbocycles. The summed E-state index contributed by atoms with van der Waals surface area (Å²) in [6, 6.07) is 67.0. The minimum Gasteiger partial charge on any atom is -0.389 e. The van der Waals surface area contributed by atoms with E-state index in [4.69, 9.17) is 59.2 Å². The highest BCUT2D eigenvalue weighted by atomic mass is 16.6. The summed E-state index contributed by atoms with van der Waals surface area (Å²) in [7, 11) is 1.40. The van der Waals surface area contributed by atoms with E-state index in [9.17, 15) is 24.0 Å². The number of carbonyl (C=O) groups is 5. The van der Waals surface area contributed by atoms with Crippen LogP contribution in [0.3, 0.4) is 0 Å².